The van der Waals surface area contributed by atoms with Gasteiger partial charge in [-0.3, -0.25) is 14.8 Å². The Labute approximate surface area is 140 Å². The van der Waals surface area contributed by atoms with E-state index in [1.165, 1.54) is 11.0 Å². The highest BCUT2D eigenvalue weighted by atomic mass is 16.4. The Morgan fingerprint density at radius 1 is 1.29 bits per heavy atom. The van der Waals surface area contributed by atoms with Crippen molar-refractivity contribution in [3.8, 4) is 0 Å². The van der Waals surface area contributed by atoms with Gasteiger partial charge < -0.3 is 10.4 Å². The Hall–Kier alpha value is -3.09. The molecule has 1 aromatic carbocycles. The second-order valence-corrected chi connectivity index (χ2v) is 6.16. The Morgan fingerprint density at radius 2 is 2.00 bits per heavy atom. The zero-order valence-corrected chi connectivity index (χ0v) is 13.8. The van der Waals surface area contributed by atoms with E-state index >= 15 is 0 Å². The molecular formula is C17H20N4O3. The topological polar surface area (TPSA) is 98.3 Å². The summed E-state index contributed by atoms with van der Waals surface area (Å²) in [6.45, 7) is 5.37. The summed E-state index contributed by atoms with van der Waals surface area (Å²) in [5, 5.41) is 18.7. The first kappa shape index (κ1) is 17.3. The van der Waals surface area contributed by atoms with Gasteiger partial charge in [-0.1, -0.05) is 12.1 Å². The maximum absolute atomic E-state index is 12.1. The van der Waals surface area contributed by atoms with Crippen molar-refractivity contribution in [3.63, 3.8) is 0 Å². The first-order valence-corrected chi connectivity index (χ1v) is 7.39. The first-order valence-electron chi connectivity index (χ1n) is 7.39. The van der Waals surface area contributed by atoms with Gasteiger partial charge in [0.15, 0.2) is 0 Å². The van der Waals surface area contributed by atoms with Gasteiger partial charge >= 0.3 is 6.09 Å². The Bertz CT molecular complexity index is 745. The summed E-state index contributed by atoms with van der Waals surface area (Å²) in [5.74, 6) is -0.358. The molecule has 0 unspecified atom stereocenters. The molecule has 0 spiro atoms. The lowest BCUT2D eigenvalue weighted by Crippen LogP contribution is -2.45. The second-order valence-electron chi connectivity index (χ2n) is 6.16. The van der Waals surface area contributed by atoms with Gasteiger partial charge in [0.25, 0.3) is 0 Å². The Morgan fingerprint density at radius 3 is 2.58 bits per heavy atom. The molecule has 126 valence electrons. The standard InChI is InChI=1S/C17H20N4O3/c1-17(2,3)21(16(23)24)14-7-5-4-6-13(14)20-15(22)9-8-12-10-18-19-11-12/h4-11H,1-3H3,(H,18,19)(H,20,22)(H,23,24)/b9-8+. The van der Waals surface area contributed by atoms with Crippen molar-refractivity contribution in [2.24, 2.45) is 0 Å². The van der Waals surface area contributed by atoms with Crippen LogP contribution in [0.5, 0.6) is 0 Å². The number of hydrogen-bond donors (Lipinski definition) is 3. The highest BCUT2D eigenvalue weighted by Crippen LogP contribution is 2.31. The molecular weight excluding hydrogens is 308 g/mol. The molecule has 1 heterocycles. The number of carboxylic acid groups (broad SMARTS) is 1. The van der Waals surface area contributed by atoms with Crippen molar-refractivity contribution in [1.82, 2.24) is 10.2 Å². The van der Waals surface area contributed by atoms with Gasteiger partial charge in [0.2, 0.25) is 5.91 Å². The van der Waals surface area contributed by atoms with Crippen LogP contribution in [0.4, 0.5) is 16.2 Å². The van der Waals surface area contributed by atoms with Crippen LogP contribution >= 0.6 is 0 Å². The van der Waals surface area contributed by atoms with Crippen LogP contribution in [-0.4, -0.2) is 32.8 Å². The summed E-state index contributed by atoms with van der Waals surface area (Å²) in [6.07, 6.45) is 5.13. The molecule has 2 amide bonds. The molecule has 0 bridgehead atoms. The number of carbonyl (C=O) groups is 2. The zero-order valence-electron chi connectivity index (χ0n) is 13.8. The van der Waals surface area contributed by atoms with Crippen molar-refractivity contribution in [2.45, 2.75) is 26.3 Å². The summed E-state index contributed by atoms with van der Waals surface area (Å²) >= 11 is 0. The zero-order chi connectivity index (χ0) is 17.7. The third-order valence-electron chi connectivity index (χ3n) is 3.21. The molecule has 0 radical (unpaired) electrons. The highest BCUT2D eigenvalue weighted by molar-refractivity contribution is 6.05. The minimum atomic E-state index is -1.09. The van der Waals surface area contributed by atoms with Crippen LogP contribution < -0.4 is 10.2 Å². The molecule has 0 atom stereocenters. The van der Waals surface area contributed by atoms with Gasteiger partial charge in [-0.2, -0.15) is 5.10 Å². The molecule has 7 heteroatoms. The monoisotopic (exact) mass is 328 g/mol. The maximum Gasteiger partial charge on any atom is 0.412 e. The van der Waals surface area contributed by atoms with E-state index in [-0.39, 0.29) is 5.91 Å². The largest absolute Gasteiger partial charge is 0.465 e. The fourth-order valence-electron chi connectivity index (χ4n) is 2.22. The number of aromatic nitrogens is 2. The van der Waals surface area contributed by atoms with E-state index in [2.05, 4.69) is 15.5 Å². The fourth-order valence-corrected chi connectivity index (χ4v) is 2.22. The molecule has 0 aliphatic rings. The number of nitrogens with zero attached hydrogens (tertiary/aromatic N) is 2. The first-order chi connectivity index (χ1) is 11.3. The number of benzene rings is 1. The summed E-state index contributed by atoms with van der Waals surface area (Å²) in [7, 11) is 0. The fraction of sp³-hybridized carbons (Fsp3) is 0.235. The molecule has 0 aliphatic carbocycles. The normalized spacial score (nSPS) is 11.5. The molecule has 0 saturated heterocycles. The number of H-pyrrole nitrogens is 1. The lowest BCUT2D eigenvalue weighted by atomic mass is 10.0. The van der Waals surface area contributed by atoms with Crippen LogP contribution in [0.2, 0.25) is 0 Å². The SMILES string of the molecule is CC(C)(C)N(C(=O)O)c1ccccc1NC(=O)/C=C/c1cn[nH]c1. The van der Waals surface area contributed by atoms with Crippen LogP contribution in [0.3, 0.4) is 0 Å². The van der Waals surface area contributed by atoms with Gasteiger partial charge in [-0.25, -0.2) is 4.79 Å². The number of hydrogen-bond acceptors (Lipinski definition) is 3. The Balaban J connectivity index is 2.25. The average Bonchev–Trinajstić information content (AvgIpc) is 2.98. The predicted octanol–water partition coefficient (Wildman–Crippen LogP) is 3.34. The summed E-state index contributed by atoms with van der Waals surface area (Å²) < 4.78 is 0. The number of aromatic amines is 1. The van der Waals surface area contributed by atoms with Gasteiger partial charge in [0.1, 0.15) is 0 Å². The highest BCUT2D eigenvalue weighted by Gasteiger charge is 2.29. The van der Waals surface area contributed by atoms with E-state index in [4.69, 9.17) is 0 Å². The molecule has 1 aromatic heterocycles. The van der Waals surface area contributed by atoms with Crippen LogP contribution in [0.25, 0.3) is 6.08 Å². The molecule has 7 nitrogen and oxygen atoms in total. The van der Waals surface area contributed by atoms with Crippen molar-refractivity contribution in [2.75, 3.05) is 10.2 Å². The van der Waals surface area contributed by atoms with Gasteiger partial charge in [0.05, 0.1) is 17.6 Å². The molecule has 0 saturated carbocycles. The molecule has 0 aliphatic heterocycles. The van der Waals surface area contributed by atoms with E-state index in [9.17, 15) is 14.7 Å². The predicted molar refractivity (Wildman–Crippen MR) is 93.0 cm³/mol. The molecule has 24 heavy (non-hydrogen) atoms. The van der Waals surface area contributed by atoms with Crippen LogP contribution in [0.15, 0.2) is 42.7 Å². The quantitative estimate of drug-likeness (QED) is 0.750. The molecule has 3 N–H and O–H groups in total. The number of amides is 2. The van der Waals surface area contributed by atoms with Gasteiger partial charge in [0, 0.05) is 23.4 Å². The third kappa shape index (κ3) is 4.22. The summed E-state index contributed by atoms with van der Waals surface area (Å²) in [5.41, 5.74) is 0.957. The van der Waals surface area contributed by atoms with Gasteiger partial charge in [-0.05, 0) is 39.0 Å². The second kappa shape index (κ2) is 6.99. The summed E-state index contributed by atoms with van der Waals surface area (Å²) in [6, 6.07) is 6.80. The van der Waals surface area contributed by atoms with E-state index in [0.29, 0.717) is 11.4 Å². The average molecular weight is 328 g/mol. The minimum absolute atomic E-state index is 0.358. The Kier molecular flexibility index (Phi) is 5.03. The maximum atomic E-state index is 12.1. The van der Waals surface area contributed by atoms with Crippen LogP contribution in [-0.2, 0) is 4.79 Å². The number of para-hydroxylation sites is 2. The number of rotatable bonds is 4. The lowest BCUT2D eigenvalue weighted by Gasteiger charge is -2.34. The molecule has 2 aromatic rings. The third-order valence-corrected chi connectivity index (χ3v) is 3.21. The van der Waals surface area contributed by atoms with Crippen molar-refractivity contribution < 1.29 is 14.7 Å². The van der Waals surface area contributed by atoms with E-state index in [1.54, 1.807) is 63.5 Å². The van der Waals surface area contributed by atoms with Crippen molar-refractivity contribution in [3.05, 3.63) is 48.3 Å². The minimum Gasteiger partial charge on any atom is -0.465 e. The van der Waals surface area contributed by atoms with Crippen molar-refractivity contribution in [1.29, 1.82) is 0 Å². The number of anilines is 2. The van der Waals surface area contributed by atoms with E-state index < -0.39 is 11.6 Å². The van der Waals surface area contributed by atoms with E-state index in [1.807, 2.05) is 0 Å². The smallest absolute Gasteiger partial charge is 0.412 e. The number of carbonyl (C=O) groups excluding carboxylic acids is 1. The summed E-state index contributed by atoms with van der Waals surface area (Å²) in [4.78, 5) is 25.0. The van der Waals surface area contributed by atoms with Crippen LogP contribution in [0.1, 0.15) is 26.3 Å². The number of nitrogens with one attached hydrogen (secondary N) is 2. The van der Waals surface area contributed by atoms with Crippen LogP contribution in [0, 0.1) is 0 Å². The molecule has 0 fully saturated rings. The van der Waals surface area contributed by atoms with Gasteiger partial charge in [-0.15, -0.1) is 0 Å². The van der Waals surface area contributed by atoms with Crippen molar-refractivity contribution >= 4 is 29.5 Å². The molecule has 2 rings (SSSR count). The lowest BCUT2D eigenvalue weighted by molar-refractivity contribution is -0.111. The van der Waals surface area contributed by atoms with E-state index in [0.717, 1.165) is 5.56 Å².